The predicted molar refractivity (Wildman–Crippen MR) is 125 cm³/mol. The number of hydrogen-bond acceptors (Lipinski definition) is 5. The molecule has 3 aliphatic rings. The van der Waals surface area contributed by atoms with E-state index in [0.717, 1.165) is 16.7 Å². The number of H-pyrrole nitrogens is 1. The van der Waals surface area contributed by atoms with Gasteiger partial charge in [-0.1, -0.05) is 12.1 Å². The van der Waals surface area contributed by atoms with Crippen molar-refractivity contribution in [3.63, 3.8) is 0 Å². The summed E-state index contributed by atoms with van der Waals surface area (Å²) in [5, 5.41) is 0. The molecule has 3 aliphatic heterocycles. The van der Waals surface area contributed by atoms with Crippen LogP contribution in [0.4, 0.5) is 5.69 Å². The van der Waals surface area contributed by atoms with E-state index in [2.05, 4.69) is 4.98 Å². The van der Waals surface area contributed by atoms with Gasteiger partial charge in [0.25, 0.3) is 0 Å². The second kappa shape index (κ2) is 8.23. The van der Waals surface area contributed by atoms with Crippen LogP contribution in [-0.4, -0.2) is 59.1 Å². The molecular weight excluding hydrogens is 436 g/mol. The maximum atomic E-state index is 13.3. The zero-order chi connectivity index (χ0) is 23.2. The molecule has 3 aromatic rings. The first-order valence-corrected chi connectivity index (χ1v) is 11.8. The first kappa shape index (κ1) is 20.8. The van der Waals surface area contributed by atoms with E-state index in [1.165, 1.54) is 0 Å². The zero-order valence-electron chi connectivity index (χ0n) is 18.7. The highest BCUT2D eigenvalue weighted by Gasteiger charge is 2.38. The molecule has 1 N–H and O–H groups in total. The number of piperidine rings is 1. The van der Waals surface area contributed by atoms with Gasteiger partial charge < -0.3 is 24.3 Å². The van der Waals surface area contributed by atoms with Crippen molar-refractivity contribution in [2.45, 2.75) is 25.3 Å². The molecule has 0 spiro atoms. The Morgan fingerprint density at radius 3 is 2.56 bits per heavy atom. The molecule has 2 aromatic carbocycles. The summed E-state index contributed by atoms with van der Waals surface area (Å²) in [4.78, 5) is 45.0. The number of rotatable bonds is 3. The first-order valence-electron chi connectivity index (χ1n) is 11.8. The SMILES string of the molecule is O=C(C1CC(=O)N(c2ccc3c(c2)OCCO3)C1)N1CCC(n2c(=O)[nH]c3ccccc32)CC1. The smallest absolute Gasteiger partial charge is 0.326 e. The second-order valence-corrected chi connectivity index (χ2v) is 9.11. The van der Waals surface area contributed by atoms with Crippen molar-refractivity contribution in [2.75, 3.05) is 37.7 Å². The largest absolute Gasteiger partial charge is 0.486 e. The number of nitrogens with one attached hydrogen (secondary N) is 1. The molecule has 0 radical (unpaired) electrons. The lowest BCUT2D eigenvalue weighted by Crippen LogP contribution is -2.43. The average Bonchev–Trinajstić information content (AvgIpc) is 3.42. The number of ether oxygens (including phenoxy) is 2. The van der Waals surface area contributed by atoms with Crippen LogP contribution in [0.5, 0.6) is 11.5 Å². The van der Waals surface area contributed by atoms with Gasteiger partial charge in [-0.25, -0.2) is 4.79 Å². The molecule has 1 aromatic heterocycles. The van der Waals surface area contributed by atoms with Gasteiger partial charge in [0.15, 0.2) is 11.5 Å². The van der Waals surface area contributed by atoms with Crippen LogP contribution >= 0.6 is 0 Å². The topological polar surface area (TPSA) is 96.9 Å². The van der Waals surface area contributed by atoms with Crippen molar-refractivity contribution in [1.82, 2.24) is 14.5 Å². The quantitative estimate of drug-likeness (QED) is 0.644. The number of hydrogen-bond donors (Lipinski definition) is 1. The van der Waals surface area contributed by atoms with E-state index in [1.54, 1.807) is 4.90 Å². The molecule has 0 saturated carbocycles. The summed E-state index contributed by atoms with van der Waals surface area (Å²) in [6.07, 6.45) is 1.62. The molecular formula is C25H26N4O5. The van der Waals surface area contributed by atoms with Crippen LogP contribution in [0.3, 0.4) is 0 Å². The molecule has 176 valence electrons. The zero-order valence-corrected chi connectivity index (χ0v) is 18.7. The summed E-state index contributed by atoms with van der Waals surface area (Å²) in [6, 6.07) is 13.2. The van der Waals surface area contributed by atoms with E-state index < -0.39 is 0 Å². The number of carbonyl (C=O) groups excluding carboxylic acids is 2. The molecule has 0 bridgehead atoms. The van der Waals surface area contributed by atoms with Crippen molar-refractivity contribution >= 4 is 28.5 Å². The molecule has 1 unspecified atom stereocenters. The highest BCUT2D eigenvalue weighted by Crippen LogP contribution is 2.36. The Morgan fingerprint density at radius 1 is 0.971 bits per heavy atom. The molecule has 0 aliphatic carbocycles. The van der Waals surface area contributed by atoms with Crippen molar-refractivity contribution in [1.29, 1.82) is 0 Å². The molecule has 1 atom stereocenters. The van der Waals surface area contributed by atoms with Gasteiger partial charge in [0.1, 0.15) is 13.2 Å². The minimum absolute atomic E-state index is 0.0121. The number of imidazole rings is 1. The molecule has 9 heteroatoms. The van der Waals surface area contributed by atoms with Crippen molar-refractivity contribution in [3.8, 4) is 11.5 Å². The maximum Gasteiger partial charge on any atom is 0.326 e. The molecule has 4 heterocycles. The lowest BCUT2D eigenvalue weighted by Gasteiger charge is -2.34. The molecule has 34 heavy (non-hydrogen) atoms. The minimum Gasteiger partial charge on any atom is -0.486 e. The number of aromatic amines is 1. The number of likely N-dealkylation sites (tertiary alicyclic amines) is 1. The lowest BCUT2D eigenvalue weighted by atomic mass is 10.0. The summed E-state index contributed by atoms with van der Waals surface area (Å²) in [6.45, 7) is 2.50. The monoisotopic (exact) mass is 462 g/mol. The van der Waals surface area contributed by atoms with Crippen LogP contribution in [0.15, 0.2) is 47.3 Å². The highest BCUT2D eigenvalue weighted by atomic mass is 16.6. The summed E-state index contributed by atoms with van der Waals surface area (Å²) in [5.41, 5.74) is 2.34. The number of fused-ring (bicyclic) bond motifs is 2. The molecule has 2 fully saturated rings. The van der Waals surface area contributed by atoms with Crippen LogP contribution in [0.25, 0.3) is 11.0 Å². The number of amides is 2. The van der Waals surface area contributed by atoms with Gasteiger partial charge >= 0.3 is 5.69 Å². The van der Waals surface area contributed by atoms with Crippen LogP contribution in [0.2, 0.25) is 0 Å². The van der Waals surface area contributed by atoms with Gasteiger partial charge in [0.2, 0.25) is 11.8 Å². The molecule has 6 rings (SSSR count). The van der Waals surface area contributed by atoms with Crippen molar-refractivity contribution < 1.29 is 19.1 Å². The van der Waals surface area contributed by atoms with Crippen LogP contribution in [0.1, 0.15) is 25.3 Å². The van der Waals surface area contributed by atoms with Gasteiger partial charge in [0, 0.05) is 43.9 Å². The maximum absolute atomic E-state index is 13.3. The summed E-state index contributed by atoms with van der Waals surface area (Å²) in [7, 11) is 0. The minimum atomic E-state index is -0.368. The molecule has 2 saturated heterocycles. The van der Waals surface area contributed by atoms with Gasteiger partial charge in [-0.3, -0.25) is 14.2 Å². The van der Waals surface area contributed by atoms with Crippen LogP contribution in [-0.2, 0) is 9.59 Å². The highest BCUT2D eigenvalue weighted by molar-refractivity contribution is 6.00. The third-order valence-corrected chi connectivity index (χ3v) is 7.08. The van der Waals surface area contributed by atoms with E-state index in [-0.39, 0.29) is 35.9 Å². The van der Waals surface area contributed by atoms with Crippen molar-refractivity contribution in [2.24, 2.45) is 5.92 Å². The Kier molecular flexibility index (Phi) is 5.04. The van der Waals surface area contributed by atoms with E-state index >= 15 is 0 Å². The van der Waals surface area contributed by atoms with E-state index in [9.17, 15) is 14.4 Å². The Bertz CT molecular complexity index is 1320. The van der Waals surface area contributed by atoms with E-state index in [0.29, 0.717) is 57.2 Å². The predicted octanol–water partition coefficient (Wildman–Crippen LogP) is 2.32. The van der Waals surface area contributed by atoms with Crippen LogP contribution < -0.4 is 20.1 Å². The number of nitrogens with zero attached hydrogens (tertiary/aromatic N) is 3. The Balaban J connectivity index is 1.12. The van der Waals surface area contributed by atoms with Crippen molar-refractivity contribution in [3.05, 3.63) is 52.9 Å². The number of aromatic nitrogens is 2. The summed E-state index contributed by atoms with van der Waals surface area (Å²) >= 11 is 0. The summed E-state index contributed by atoms with van der Waals surface area (Å²) in [5.74, 6) is 0.883. The average molecular weight is 463 g/mol. The third-order valence-electron chi connectivity index (χ3n) is 7.08. The van der Waals surface area contributed by atoms with Gasteiger partial charge in [-0.05, 0) is 37.1 Å². The van der Waals surface area contributed by atoms with Gasteiger partial charge in [-0.2, -0.15) is 0 Å². The number of anilines is 1. The van der Waals surface area contributed by atoms with Gasteiger partial charge in [-0.15, -0.1) is 0 Å². The number of carbonyl (C=O) groups is 2. The Hall–Kier alpha value is -3.75. The van der Waals surface area contributed by atoms with E-state index in [4.69, 9.17) is 9.47 Å². The fourth-order valence-electron chi connectivity index (χ4n) is 5.36. The van der Waals surface area contributed by atoms with Crippen LogP contribution in [0, 0.1) is 5.92 Å². The molecule has 9 nitrogen and oxygen atoms in total. The Morgan fingerprint density at radius 2 is 1.74 bits per heavy atom. The fraction of sp³-hybridized carbons (Fsp3) is 0.400. The number of benzene rings is 2. The lowest BCUT2D eigenvalue weighted by molar-refractivity contribution is -0.137. The Labute approximate surface area is 195 Å². The van der Waals surface area contributed by atoms with Gasteiger partial charge in [0.05, 0.1) is 17.0 Å². The normalized spacial score (nSPS) is 20.8. The fourth-order valence-corrected chi connectivity index (χ4v) is 5.36. The standard InChI is InChI=1S/C25H26N4O5/c30-23-13-16(15-28(23)18-5-6-21-22(14-18)34-12-11-33-21)24(31)27-9-7-17(8-10-27)29-20-4-2-1-3-19(20)26-25(29)32/h1-6,14,16-17H,7-13,15H2,(H,26,32). The first-order chi connectivity index (χ1) is 16.6. The second-order valence-electron chi connectivity index (χ2n) is 9.11. The summed E-state index contributed by atoms with van der Waals surface area (Å²) < 4.78 is 13.0. The third kappa shape index (κ3) is 3.52. The number of para-hydroxylation sites is 2. The van der Waals surface area contributed by atoms with E-state index in [1.807, 2.05) is 51.9 Å². The molecule has 2 amide bonds.